The highest BCUT2D eigenvalue weighted by Crippen LogP contribution is 2.18. The SMILES string of the molecule is O=C(NC[C@H]1CCn2ccnc2C1)Nc1ccccn1. The summed E-state index contributed by atoms with van der Waals surface area (Å²) in [6, 6.07) is 5.20. The van der Waals surface area contributed by atoms with E-state index in [9.17, 15) is 4.79 Å². The summed E-state index contributed by atoms with van der Waals surface area (Å²) < 4.78 is 2.17. The molecule has 0 aliphatic carbocycles. The number of aryl methyl sites for hydroxylation is 1. The number of fused-ring (bicyclic) bond motifs is 1. The van der Waals surface area contributed by atoms with Gasteiger partial charge in [0.25, 0.3) is 0 Å². The van der Waals surface area contributed by atoms with Crippen molar-refractivity contribution < 1.29 is 4.79 Å². The van der Waals surface area contributed by atoms with E-state index in [0.29, 0.717) is 18.3 Å². The second-order valence-electron chi connectivity index (χ2n) is 4.95. The van der Waals surface area contributed by atoms with Crippen LogP contribution in [0.25, 0.3) is 0 Å². The Labute approximate surface area is 117 Å². The van der Waals surface area contributed by atoms with Crippen molar-refractivity contribution in [1.29, 1.82) is 0 Å². The molecule has 1 aliphatic rings. The predicted octanol–water partition coefficient (Wildman–Crippen LogP) is 1.66. The molecular formula is C14H17N5O. The Morgan fingerprint density at radius 1 is 1.35 bits per heavy atom. The number of nitrogens with zero attached hydrogens (tertiary/aromatic N) is 3. The molecule has 3 rings (SSSR count). The zero-order chi connectivity index (χ0) is 13.8. The minimum Gasteiger partial charge on any atom is -0.338 e. The Morgan fingerprint density at radius 3 is 3.15 bits per heavy atom. The number of carbonyl (C=O) groups excluding carboxylic acids is 1. The lowest BCUT2D eigenvalue weighted by Gasteiger charge is -2.23. The highest BCUT2D eigenvalue weighted by molar-refractivity contribution is 5.88. The summed E-state index contributed by atoms with van der Waals surface area (Å²) in [7, 11) is 0. The summed E-state index contributed by atoms with van der Waals surface area (Å²) in [5.41, 5.74) is 0. The van der Waals surface area contributed by atoms with Crippen LogP contribution >= 0.6 is 0 Å². The monoisotopic (exact) mass is 271 g/mol. The van der Waals surface area contributed by atoms with Gasteiger partial charge >= 0.3 is 6.03 Å². The van der Waals surface area contributed by atoms with E-state index in [1.54, 1.807) is 12.3 Å². The number of anilines is 1. The molecule has 0 spiro atoms. The van der Waals surface area contributed by atoms with Crippen LogP contribution in [0.4, 0.5) is 10.6 Å². The number of amides is 2. The van der Waals surface area contributed by atoms with Crippen LogP contribution in [0.3, 0.4) is 0 Å². The number of nitrogens with one attached hydrogen (secondary N) is 2. The molecule has 2 aromatic rings. The van der Waals surface area contributed by atoms with Gasteiger partial charge in [0.15, 0.2) is 0 Å². The number of aromatic nitrogens is 3. The third-order valence-corrected chi connectivity index (χ3v) is 3.51. The van der Waals surface area contributed by atoms with Gasteiger partial charge in [-0.25, -0.2) is 14.8 Å². The second-order valence-corrected chi connectivity index (χ2v) is 4.95. The van der Waals surface area contributed by atoms with Crippen LogP contribution in [-0.4, -0.2) is 27.1 Å². The van der Waals surface area contributed by atoms with Crippen molar-refractivity contribution in [2.24, 2.45) is 5.92 Å². The van der Waals surface area contributed by atoms with E-state index >= 15 is 0 Å². The molecule has 1 aliphatic heterocycles. The number of rotatable bonds is 3. The number of hydrogen-bond acceptors (Lipinski definition) is 3. The Hall–Kier alpha value is -2.37. The topological polar surface area (TPSA) is 71.8 Å². The first-order valence-corrected chi connectivity index (χ1v) is 6.77. The summed E-state index contributed by atoms with van der Waals surface area (Å²) in [6.45, 7) is 1.63. The maximum atomic E-state index is 11.8. The van der Waals surface area contributed by atoms with Crippen LogP contribution < -0.4 is 10.6 Å². The summed E-state index contributed by atoms with van der Waals surface area (Å²) in [5, 5.41) is 5.61. The van der Waals surface area contributed by atoms with Gasteiger partial charge in [0.1, 0.15) is 11.6 Å². The van der Waals surface area contributed by atoms with E-state index in [2.05, 4.69) is 25.2 Å². The average molecular weight is 271 g/mol. The lowest BCUT2D eigenvalue weighted by molar-refractivity contribution is 0.248. The van der Waals surface area contributed by atoms with Gasteiger partial charge in [-0.2, -0.15) is 0 Å². The molecule has 0 fully saturated rings. The summed E-state index contributed by atoms with van der Waals surface area (Å²) in [4.78, 5) is 20.1. The smallest absolute Gasteiger partial charge is 0.320 e. The lowest BCUT2D eigenvalue weighted by atomic mass is 9.98. The molecule has 6 nitrogen and oxygen atoms in total. The molecule has 0 unspecified atom stereocenters. The van der Waals surface area contributed by atoms with Crippen molar-refractivity contribution >= 4 is 11.8 Å². The van der Waals surface area contributed by atoms with Gasteiger partial charge in [-0.15, -0.1) is 0 Å². The van der Waals surface area contributed by atoms with Gasteiger partial charge in [0.2, 0.25) is 0 Å². The van der Waals surface area contributed by atoms with Crippen molar-refractivity contribution in [2.75, 3.05) is 11.9 Å². The second kappa shape index (κ2) is 5.73. The molecular weight excluding hydrogens is 254 g/mol. The quantitative estimate of drug-likeness (QED) is 0.891. The van der Waals surface area contributed by atoms with Crippen LogP contribution in [0.15, 0.2) is 36.8 Å². The van der Waals surface area contributed by atoms with Crippen molar-refractivity contribution in [2.45, 2.75) is 19.4 Å². The largest absolute Gasteiger partial charge is 0.338 e. The zero-order valence-electron chi connectivity index (χ0n) is 11.1. The molecule has 6 heteroatoms. The van der Waals surface area contributed by atoms with E-state index in [1.165, 1.54) is 0 Å². The number of pyridine rings is 1. The molecule has 2 aromatic heterocycles. The Kier molecular flexibility index (Phi) is 3.62. The van der Waals surface area contributed by atoms with Crippen LogP contribution in [0.5, 0.6) is 0 Å². The fourth-order valence-electron chi connectivity index (χ4n) is 2.42. The van der Waals surface area contributed by atoms with Gasteiger partial charge in [-0.1, -0.05) is 6.07 Å². The number of carbonyl (C=O) groups is 1. The summed E-state index contributed by atoms with van der Waals surface area (Å²) >= 11 is 0. The van der Waals surface area contributed by atoms with Gasteiger partial charge < -0.3 is 9.88 Å². The minimum atomic E-state index is -0.211. The molecule has 3 heterocycles. The third-order valence-electron chi connectivity index (χ3n) is 3.51. The fraction of sp³-hybridized carbons (Fsp3) is 0.357. The van der Waals surface area contributed by atoms with E-state index < -0.39 is 0 Å². The summed E-state index contributed by atoms with van der Waals surface area (Å²) in [6.07, 6.45) is 7.46. The molecule has 1 atom stereocenters. The van der Waals surface area contributed by atoms with Crippen LogP contribution in [0.1, 0.15) is 12.2 Å². The van der Waals surface area contributed by atoms with Crippen molar-refractivity contribution in [3.8, 4) is 0 Å². The normalized spacial score (nSPS) is 17.3. The highest BCUT2D eigenvalue weighted by atomic mass is 16.2. The Morgan fingerprint density at radius 2 is 2.30 bits per heavy atom. The fourth-order valence-corrected chi connectivity index (χ4v) is 2.42. The molecule has 0 radical (unpaired) electrons. The minimum absolute atomic E-state index is 0.211. The molecule has 0 saturated heterocycles. The molecule has 2 amide bonds. The van der Waals surface area contributed by atoms with Crippen LogP contribution in [0, 0.1) is 5.92 Å². The molecule has 2 N–H and O–H groups in total. The molecule has 0 aromatic carbocycles. The average Bonchev–Trinajstić information content (AvgIpc) is 2.93. The molecule has 104 valence electrons. The first-order valence-electron chi connectivity index (χ1n) is 6.77. The number of imidazole rings is 1. The Bertz CT molecular complexity index is 580. The number of hydrogen-bond donors (Lipinski definition) is 2. The van der Waals surface area contributed by atoms with Crippen LogP contribution in [-0.2, 0) is 13.0 Å². The van der Waals surface area contributed by atoms with Crippen molar-refractivity contribution in [3.05, 3.63) is 42.6 Å². The van der Waals surface area contributed by atoms with E-state index in [1.807, 2.05) is 24.5 Å². The number of urea groups is 1. The predicted molar refractivity (Wildman–Crippen MR) is 75.3 cm³/mol. The van der Waals surface area contributed by atoms with Gasteiger partial charge in [0, 0.05) is 38.1 Å². The molecule has 0 bridgehead atoms. The zero-order valence-corrected chi connectivity index (χ0v) is 11.1. The van der Waals surface area contributed by atoms with Gasteiger partial charge in [-0.05, 0) is 24.5 Å². The molecule has 20 heavy (non-hydrogen) atoms. The standard InChI is InChI=1S/C14H17N5O/c20-14(18-12-3-1-2-5-15-12)17-10-11-4-7-19-8-6-16-13(19)9-11/h1-3,5-6,8,11H,4,7,9-10H2,(H2,15,17,18,20)/t11-/m0/s1. The molecule has 0 saturated carbocycles. The first kappa shape index (κ1) is 12.7. The van der Waals surface area contributed by atoms with E-state index in [-0.39, 0.29) is 6.03 Å². The van der Waals surface area contributed by atoms with Crippen molar-refractivity contribution in [1.82, 2.24) is 19.9 Å². The maximum Gasteiger partial charge on any atom is 0.320 e. The van der Waals surface area contributed by atoms with Crippen molar-refractivity contribution in [3.63, 3.8) is 0 Å². The van der Waals surface area contributed by atoms with Gasteiger partial charge in [-0.3, -0.25) is 5.32 Å². The summed E-state index contributed by atoms with van der Waals surface area (Å²) in [5.74, 6) is 2.11. The maximum absolute atomic E-state index is 11.8. The Balaban J connectivity index is 1.47. The van der Waals surface area contributed by atoms with Gasteiger partial charge in [0.05, 0.1) is 0 Å². The van der Waals surface area contributed by atoms with E-state index in [4.69, 9.17) is 0 Å². The third kappa shape index (κ3) is 2.96. The first-order chi connectivity index (χ1) is 9.81. The van der Waals surface area contributed by atoms with E-state index in [0.717, 1.165) is 25.2 Å². The highest BCUT2D eigenvalue weighted by Gasteiger charge is 2.19. The lowest BCUT2D eigenvalue weighted by Crippen LogP contribution is -2.35. The van der Waals surface area contributed by atoms with Crippen LogP contribution in [0.2, 0.25) is 0 Å².